The summed E-state index contributed by atoms with van der Waals surface area (Å²) in [5, 5.41) is 0. The van der Waals surface area contributed by atoms with Crippen LogP contribution in [0.15, 0.2) is 42.5 Å². The summed E-state index contributed by atoms with van der Waals surface area (Å²) in [6.07, 6.45) is 0. The minimum Gasteiger partial charge on any atom is -0.497 e. The molecule has 1 aliphatic rings. The van der Waals surface area contributed by atoms with Gasteiger partial charge in [-0.2, -0.15) is 0 Å². The van der Waals surface area contributed by atoms with Gasteiger partial charge in [-0.25, -0.2) is 0 Å². The third-order valence-corrected chi connectivity index (χ3v) is 4.81. The van der Waals surface area contributed by atoms with Crippen LogP contribution in [0.4, 0.5) is 0 Å². The molecule has 7 nitrogen and oxygen atoms in total. The first kappa shape index (κ1) is 19.5. The highest BCUT2D eigenvalue weighted by molar-refractivity contribution is 6.00. The fourth-order valence-corrected chi connectivity index (χ4v) is 3.27. The Morgan fingerprint density at radius 3 is 1.82 bits per heavy atom. The lowest BCUT2D eigenvalue weighted by Gasteiger charge is -2.35. The van der Waals surface area contributed by atoms with Crippen LogP contribution >= 0.6 is 0 Å². The van der Waals surface area contributed by atoms with Gasteiger partial charge in [-0.3, -0.25) is 9.59 Å². The molecule has 0 aliphatic carbocycles. The van der Waals surface area contributed by atoms with Crippen LogP contribution in [0.1, 0.15) is 20.7 Å². The molecular formula is C21H24N2O5. The zero-order valence-corrected chi connectivity index (χ0v) is 16.3. The molecule has 0 saturated carbocycles. The monoisotopic (exact) mass is 384 g/mol. The van der Waals surface area contributed by atoms with Crippen LogP contribution in [-0.4, -0.2) is 69.1 Å². The van der Waals surface area contributed by atoms with Crippen molar-refractivity contribution in [3.63, 3.8) is 0 Å². The summed E-state index contributed by atoms with van der Waals surface area (Å²) in [5.41, 5.74) is 0.977. The van der Waals surface area contributed by atoms with Gasteiger partial charge < -0.3 is 24.0 Å². The Labute approximate surface area is 164 Å². The van der Waals surface area contributed by atoms with E-state index in [-0.39, 0.29) is 11.8 Å². The maximum Gasteiger partial charge on any atom is 0.261 e. The maximum atomic E-state index is 13.0. The fourth-order valence-electron chi connectivity index (χ4n) is 3.27. The van der Waals surface area contributed by atoms with E-state index in [1.54, 1.807) is 59.4 Å². The average molecular weight is 384 g/mol. The molecule has 0 atom stereocenters. The van der Waals surface area contributed by atoms with E-state index in [0.717, 1.165) is 0 Å². The molecule has 0 unspecified atom stereocenters. The second-order valence-electron chi connectivity index (χ2n) is 6.35. The van der Waals surface area contributed by atoms with Crippen LogP contribution in [-0.2, 0) is 0 Å². The van der Waals surface area contributed by atoms with E-state index < -0.39 is 0 Å². The van der Waals surface area contributed by atoms with Gasteiger partial charge in [0.25, 0.3) is 11.8 Å². The Morgan fingerprint density at radius 1 is 0.750 bits per heavy atom. The molecule has 28 heavy (non-hydrogen) atoms. The van der Waals surface area contributed by atoms with Crippen LogP contribution in [0.5, 0.6) is 17.2 Å². The van der Waals surface area contributed by atoms with Crippen LogP contribution in [0, 0.1) is 0 Å². The zero-order valence-electron chi connectivity index (χ0n) is 16.3. The lowest BCUT2D eigenvalue weighted by Crippen LogP contribution is -2.50. The molecule has 1 fully saturated rings. The largest absolute Gasteiger partial charge is 0.497 e. The van der Waals surface area contributed by atoms with Crippen molar-refractivity contribution < 1.29 is 23.8 Å². The topological polar surface area (TPSA) is 68.3 Å². The van der Waals surface area contributed by atoms with Crippen LogP contribution in [0.2, 0.25) is 0 Å². The Balaban J connectivity index is 1.70. The fraction of sp³-hybridized carbons (Fsp3) is 0.333. The van der Waals surface area contributed by atoms with Gasteiger partial charge >= 0.3 is 0 Å². The van der Waals surface area contributed by atoms with Crippen molar-refractivity contribution in [2.75, 3.05) is 47.5 Å². The number of methoxy groups -OCH3 is 3. The first-order valence-electron chi connectivity index (χ1n) is 9.02. The van der Waals surface area contributed by atoms with Gasteiger partial charge in [-0.15, -0.1) is 0 Å². The van der Waals surface area contributed by atoms with Gasteiger partial charge in [0.2, 0.25) is 0 Å². The molecule has 0 aromatic heterocycles. The second kappa shape index (κ2) is 8.65. The number of piperazine rings is 1. The lowest BCUT2D eigenvalue weighted by molar-refractivity contribution is 0.0531. The number of hydrogen-bond donors (Lipinski definition) is 0. The van der Waals surface area contributed by atoms with E-state index in [2.05, 4.69) is 0 Å². The molecule has 0 bridgehead atoms. The van der Waals surface area contributed by atoms with Crippen molar-refractivity contribution in [1.82, 2.24) is 9.80 Å². The van der Waals surface area contributed by atoms with E-state index in [0.29, 0.717) is 54.6 Å². The Bertz CT molecular complexity index is 837. The Morgan fingerprint density at radius 2 is 1.29 bits per heavy atom. The third-order valence-electron chi connectivity index (χ3n) is 4.81. The van der Waals surface area contributed by atoms with Crippen molar-refractivity contribution in [3.8, 4) is 17.2 Å². The van der Waals surface area contributed by atoms with Gasteiger partial charge in [0.15, 0.2) is 0 Å². The second-order valence-corrected chi connectivity index (χ2v) is 6.35. The standard InChI is InChI=1S/C21H24N2O5/c1-26-16-7-4-6-15(14-16)20(24)22-10-12-23(13-11-22)21(25)19-17(27-2)8-5-9-18(19)28-3/h4-9,14H,10-13H2,1-3H3. The zero-order chi connectivity index (χ0) is 20.1. The summed E-state index contributed by atoms with van der Waals surface area (Å²) in [5.74, 6) is 1.35. The number of carbonyl (C=O) groups excluding carboxylic acids is 2. The number of rotatable bonds is 5. The van der Waals surface area contributed by atoms with Crippen LogP contribution < -0.4 is 14.2 Å². The van der Waals surface area contributed by atoms with Gasteiger partial charge in [-0.1, -0.05) is 12.1 Å². The molecule has 3 rings (SSSR count). The van der Waals surface area contributed by atoms with Gasteiger partial charge in [0.05, 0.1) is 21.3 Å². The molecule has 2 aromatic carbocycles. The molecule has 2 amide bonds. The summed E-state index contributed by atoms with van der Waals surface area (Å²) in [6, 6.07) is 12.3. The summed E-state index contributed by atoms with van der Waals surface area (Å²) in [4.78, 5) is 29.2. The summed E-state index contributed by atoms with van der Waals surface area (Å²) < 4.78 is 15.9. The average Bonchev–Trinajstić information content (AvgIpc) is 2.77. The SMILES string of the molecule is COc1cccc(C(=O)N2CCN(C(=O)c3c(OC)cccc3OC)CC2)c1. The minimum absolute atomic E-state index is 0.0686. The van der Waals surface area contributed by atoms with Crippen molar-refractivity contribution in [1.29, 1.82) is 0 Å². The summed E-state index contributed by atoms with van der Waals surface area (Å²) in [7, 11) is 4.62. The van der Waals surface area contributed by atoms with Crippen molar-refractivity contribution in [2.45, 2.75) is 0 Å². The molecule has 2 aromatic rings. The summed E-state index contributed by atoms with van der Waals surface area (Å²) >= 11 is 0. The minimum atomic E-state index is -0.164. The normalized spacial score (nSPS) is 13.8. The van der Waals surface area contributed by atoms with Gasteiger partial charge in [-0.05, 0) is 30.3 Å². The Hall–Kier alpha value is -3.22. The molecule has 148 valence electrons. The van der Waals surface area contributed by atoms with E-state index >= 15 is 0 Å². The highest BCUT2D eigenvalue weighted by atomic mass is 16.5. The first-order chi connectivity index (χ1) is 13.6. The van der Waals surface area contributed by atoms with E-state index in [4.69, 9.17) is 14.2 Å². The third kappa shape index (κ3) is 3.88. The highest BCUT2D eigenvalue weighted by Gasteiger charge is 2.29. The number of nitrogens with zero attached hydrogens (tertiary/aromatic N) is 2. The Kier molecular flexibility index (Phi) is 6.03. The number of amides is 2. The predicted octanol–water partition coefficient (Wildman–Crippen LogP) is 2.31. The predicted molar refractivity (Wildman–Crippen MR) is 104 cm³/mol. The number of carbonyl (C=O) groups is 2. The van der Waals surface area contributed by atoms with Crippen molar-refractivity contribution in [2.24, 2.45) is 0 Å². The molecular weight excluding hydrogens is 360 g/mol. The quantitative estimate of drug-likeness (QED) is 0.791. The van der Waals surface area contributed by atoms with Crippen LogP contribution in [0.25, 0.3) is 0 Å². The van der Waals surface area contributed by atoms with E-state index in [1.165, 1.54) is 14.2 Å². The van der Waals surface area contributed by atoms with E-state index in [1.807, 2.05) is 0 Å². The maximum absolute atomic E-state index is 13.0. The molecule has 0 spiro atoms. The molecule has 1 aliphatic heterocycles. The summed E-state index contributed by atoms with van der Waals surface area (Å²) in [6.45, 7) is 1.80. The number of hydrogen-bond acceptors (Lipinski definition) is 5. The lowest BCUT2D eigenvalue weighted by atomic mass is 10.1. The first-order valence-corrected chi connectivity index (χ1v) is 9.02. The van der Waals surface area contributed by atoms with Crippen molar-refractivity contribution >= 4 is 11.8 Å². The molecule has 7 heteroatoms. The van der Waals surface area contributed by atoms with Gasteiger partial charge in [0, 0.05) is 31.7 Å². The molecule has 1 saturated heterocycles. The van der Waals surface area contributed by atoms with E-state index in [9.17, 15) is 9.59 Å². The molecule has 1 heterocycles. The van der Waals surface area contributed by atoms with Crippen LogP contribution in [0.3, 0.4) is 0 Å². The number of benzene rings is 2. The van der Waals surface area contributed by atoms with Crippen molar-refractivity contribution in [3.05, 3.63) is 53.6 Å². The van der Waals surface area contributed by atoms with Gasteiger partial charge in [0.1, 0.15) is 22.8 Å². The highest BCUT2D eigenvalue weighted by Crippen LogP contribution is 2.30. The molecule has 0 radical (unpaired) electrons. The smallest absolute Gasteiger partial charge is 0.261 e. The number of ether oxygens (including phenoxy) is 3. The molecule has 0 N–H and O–H groups in total.